The first-order valence-electron chi connectivity index (χ1n) is 13.9. The first kappa shape index (κ1) is 34.1. The lowest BCUT2D eigenvalue weighted by Gasteiger charge is -2.11. The number of hydrogen-bond acceptors (Lipinski definition) is 10. The van der Waals surface area contributed by atoms with Crippen LogP contribution in [-0.2, 0) is 27.4 Å². The molecule has 0 fully saturated rings. The van der Waals surface area contributed by atoms with Crippen LogP contribution in [0.2, 0.25) is 0 Å². The predicted molar refractivity (Wildman–Crippen MR) is 165 cm³/mol. The van der Waals surface area contributed by atoms with E-state index in [0.29, 0.717) is 57.2 Å². The number of hydrogen-bond donors (Lipinski definition) is 6. The number of nitrogens with two attached hydrogens (primary N) is 3. The summed E-state index contributed by atoms with van der Waals surface area (Å²) >= 11 is 0. The molecule has 2 aromatic rings. The minimum atomic E-state index is -0.789. The fourth-order valence-electron chi connectivity index (χ4n) is 3.41. The molecule has 0 bridgehead atoms. The van der Waals surface area contributed by atoms with Crippen LogP contribution in [0, 0.1) is 0 Å². The minimum absolute atomic E-state index is 0.225. The van der Waals surface area contributed by atoms with Crippen molar-refractivity contribution in [1.82, 2.24) is 35.3 Å². The van der Waals surface area contributed by atoms with Crippen LogP contribution in [0.15, 0.2) is 59.8 Å². The quantitative estimate of drug-likeness (QED) is 0.0228. The number of ether oxygens (including phenoxy) is 1. The number of carbonyl (C=O) groups is 2. The summed E-state index contributed by atoms with van der Waals surface area (Å²) in [5, 5.41) is 25.3. The van der Waals surface area contributed by atoms with Gasteiger partial charge in [0, 0.05) is 18.7 Å². The predicted octanol–water partition coefficient (Wildman–Crippen LogP) is 0.236. The zero-order valence-corrected chi connectivity index (χ0v) is 24.3. The Morgan fingerprint density at radius 1 is 0.884 bits per heavy atom. The van der Waals surface area contributed by atoms with Crippen molar-refractivity contribution in [1.29, 1.82) is 0 Å². The summed E-state index contributed by atoms with van der Waals surface area (Å²) in [7, 11) is 0. The van der Waals surface area contributed by atoms with Crippen molar-refractivity contribution in [2.24, 2.45) is 27.2 Å². The molecule has 2 rings (SSSR count). The van der Waals surface area contributed by atoms with E-state index >= 15 is 0 Å². The number of aromatic nitrogens is 6. The number of unbranched alkanes of at least 4 members (excludes halogenated alkanes) is 3. The maximum atomic E-state index is 12.0. The van der Waals surface area contributed by atoms with Gasteiger partial charge in [0.2, 0.25) is 5.91 Å². The average Bonchev–Trinajstić information content (AvgIpc) is 3.62. The van der Waals surface area contributed by atoms with Crippen molar-refractivity contribution in [2.45, 2.75) is 57.8 Å². The topological polar surface area (TPSA) is 244 Å². The molecule has 0 radical (unpaired) electrons. The van der Waals surface area contributed by atoms with Gasteiger partial charge in [-0.3, -0.25) is 10.5 Å². The Labute approximate surface area is 250 Å². The van der Waals surface area contributed by atoms with Gasteiger partial charge in [-0.2, -0.15) is 19.8 Å². The Hall–Kier alpha value is -5.06. The number of nitrogens with one attached hydrogen (secondary N) is 3. The van der Waals surface area contributed by atoms with Crippen molar-refractivity contribution in [3.8, 4) is 0 Å². The van der Waals surface area contributed by atoms with E-state index in [-0.39, 0.29) is 17.8 Å². The average molecular weight is 599 g/mol. The number of aliphatic imine (C=N–C) groups is 2. The molecule has 0 spiro atoms. The van der Waals surface area contributed by atoms with E-state index in [4.69, 9.17) is 21.9 Å². The molecule has 2 aromatic heterocycles. The first-order valence-corrected chi connectivity index (χ1v) is 13.9. The SMILES string of the molecule is C=CCN=C(N)Nc1cnn(CCCCCNC(=O)/C=C\C(=O)OC(N)CCCCn2ncc(NC(N)=NCC=C)n2)n1. The zero-order chi connectivity index (χ0) is 31.3. The van der Waals surface area contributed by atoms with Gasteiger partial charge in [0.15, 0.2) is 29.8 Å². The standard InChI is InChI=1S/C26H42N14O3/c1-3-13-31-25(28)35-21-18-33-39(37-21)16-8-5-7-15-30-23(41)11-12-24(42)43-20(27)10-6-9-17-40-34-19-22(38-40)36-26(29)32-14-4-2/h3-4,11-12,18-20H,1-2,5-10,13-17,27H2,(H,30,41)(H3,28,31,35,37)(H3,29,32,36,38)/b12-11-. The molecule has 0 aliphatic carbocycles. The van der Waals surface area contributed by atoms with Gasteiger partial charge < -0.3 is 32.2 Å². The van der Waals surface area contributed by atoms with E-state index in [0.717, 1.165) is 37.8 Å². The molecule has 234 valence electrons. The third-order valence-electron chi connectivity index (χ3n) is 5.44. The smallest absolute Gasteiger partial charge is 0.332 e. The second kappa shape index (κ2) is 19.9. The van der Waals surface area contributed by atoms with E-state index in [2.05, 4.69) is 59.5 Å². The highest BCUT2D eigenvalue weighted by atomic mass is 16.6. The van der Waals surface area contributed by atoms with Crippen LogP contribution < -0.4 is 33.2 Å². The summed E-state index contributed by atoms with van der Waals surface area (Å²) < 4.78 is 5.13. The highest BCUT2D eigenvalue weighted by Crippen LogP contribution is 2.05. The molecule has 17 nitrogen and oxygen atoms in total. The Balaban J connectivity index is 1.52. The van der Waals surface area contributed by atoms with Gasteiger partial charge >= 0.3 is 5.97 Å². The van der Waals surface area contributed by atoms with Crippen molar-refractivity contribution in [3.63, 3.8) is 0 Å². The Kier molecular flexibility index (Phi) is 15.8. The number of amides is 1. The zero-order valence-electron chi connectivity index (χ0n) is 24.3. The van der Waals surface area contributed by atoms with Gasteiger partial charge in [0.05, 0.1) is 38.6 Å². The maximum absolute atomic E-state index is 12.0. The molecular formula is C26H42N14O3. The van der Waals surface area contributed by atoms with E-state index in [1.807, 2.05) is 0 Å². The summed E-state index contributed by atoms with van der Waals surface area (Å²) in [4.78, 5) is 35.1. The minimum Gasteiger partial charge on any atom is -0.444 e. The molecule has 1 atom stereocenters. The summed E-state index contributed by atoms with van der Waals surface area (Å²) in [6.45, 7) is 9.60. The van der Waals surface area contributed by atoms with E-state index < -0.39 is 12.2 Å². The van der Waals surface area contributed by atoms with E-state index in [1.54, 1.807) is 29.3 Å². The van der Waals surface area contributed by atoms with Crippen molar-refractivity contribution < 1.29 is 14.3 Å². The molecule has 2 heterocycles. The molecule has 1 amide bonds. The molecule has 0 aliphatic heterocycles. The van der Waals surface area contributed by atoms with Gasteiger partial charge in [0.25, 0.3) is 0 Å². The Morgan fingerprint density at radius 3 is 2.00 bits per heavy atom. The number of anilines is 2. The van der Waals surface area contributed by atoms with Gasteiger partial charge in [-0.05, 0) is 38.5 Å². The first-order chi connectivity index (χ1) is 20.8. The van der Waals surface area contributed by atoms with E-state index in [1.165, 1.54) is 4.80 Å². The maximum Gasteiger partial charge on any atom is 0.332 e. The van der Waals surface area contributed by atoms with Crippen LogP contribution in [0.3, 0.4) is 0 Å². The molecule has 0 aliphatic rings. The number of rotatable bonds is 20. The van der Waals surface area contributed by atoms with Crippen LogP contribution in [0.5, 0.6) is 0 Å². The summed E-state index contributed by atoms with van der Waals surface area (Å²) in [6.07, 6.45) is 12.0. The van der Waals surface area contributed by atoms with Crippen molar-refractivity contribution in [3.05, 3.63) is 49.9 Å². The van der Waals surface area contributed by atoms with Crippen LogP contribution in [-0.4, -0.2) is 79.6 Å². The number of nitrogens with zero attached hydrogens (tertiary/aromatic N) is 8. The third kappa shape index (κ3) is 15.5. The molecular weight excluding hydrogens is 556 g/mol. The summed E-state index contributed by atoms with van der Waals surface area (Å²) in [6, 6.07) is 0. The number of esters is 1. The number of aryl methyl sites for hydroxylation is 2. The normalized spacial score (nSPS) is 12.6. The highest BCUT2D eigenvalue weighted by molar-refractivity contribution is 5.94. The van der Waals surface area contributed by atoms with Crippen LogP contribution in [0.1, 0.15) is 38.5 Å². The lowest BCUT2D eigenvalue weighted by Crippen LogP contribution is -2.27. The van der Waals surface area contributed by atoms with Gasteiger partial charge in [-0.25, -0.2) is 14.8 Å². The lowest BCUT2D eigenvalue weighted by atomic mass is 10.2. The van der Waals surface area contributed by atoms with Gasteiger partial charge in [-0.15, -0.1) is 23.4 Å². The largest absolute Gasteiger partial charge is 0.444 e. The fourth-order valence-corrected chi connectivity index (χ4v) is 3.41. The third-order valence-corrected chi connectivity index (χ3v) is 5.44. The Bertz CT molecular complexity index is 1250. The number of guanidine groups is 2. The molecule has 0 aromatic carbocycles. The summed E-state index contributed by atoms with van der Waals surface area (Å²) in [5.41, 5.74) is 17.3. The van der Waals surface area contributed by atoms with Crippen LogP contribution in [0.25, 0.3) is 0 Å². The molecule has 9 N–H and O–H groups in total. The highest BCUT2D eigenvalue weighted by Gasteiger charge is 2.09. The molecule has 17 heteroatoms. The van der Waals surface area contributed by atoms with Crippen LogP contribution >= 0.6 is 0 Å². The van der Waals surface area contributed by atoms with Crippen molar-refractivity contribution in [2.75, 3.05) is 30.3 Å². The second-order valence-corrected chi connectivity index (χ2v) is 9.09. The molecule has 1 unspecified atom stereocenters. The molecule has 0 saturated carbocycles. The van der Waals surface area contributed by atoms with Gasteiger partial charge in [-0.1, -0.05) is 12.2 Å². The summed E-state index contributed by atoms with van der Waals surface area (Å²) in [5.74, 6) is 0.383. The van der Waals surface area contributed by atoms with Crippen LogP contribution in [0.4, 0.5) is 11.6 Å². The lowest BCUT2D eigenvalue weighted by molar-refractivity contribution is -0.143. The van der Waals surface area contributed by atoms with E-state index in [9.17, 15) is 9.59 Å². The number of carbonyl (C=O) groups excluding carboxylic acids is 2. The second-order valence-electron chi connectivity index (χ2n) is 9.09. The monoisotopic (exact) mass is 598 g/mol. The molecule has 43 heavy (non-hydrogen) atoms. The van der Waals surface area contributed by atoms with Crippen molar-refractivity contribution >= 4 is 35.4 Å². The van der Waals surface area contributed by atoms with Gasteiger partial charge in [0.1, 0.15) is 0 Å². The molecule has 0 saturated heterocycles. The fraction of sp³-hybridized carbons (Fsp3) is 0.462. The Morgan fingerprint density at radius 2 is 1.44 bits per heavy atom.